The van der Waals surface area contributed by atoms with Gasteiger partial charge in [-0.3, -0.25) is 5.41 Å². The van der Waals surface area contributed by atoms with Crippen LogP contribution in [0.2, 0.25) is 0 Å². The second-order valence-corrected chi connectivity index (χ2v) is 6.58. The van der Waals surface area contributed by atoms with Crippen LogP contribution in [0.3, 0.4) is 0 Å². The minimum absolute atomic E-state index is 0.148. The number of nitrogen functional groups attached to an aromatic ring is 1. The molecular weight excluding hydrogens is 290 g/mol. The van der Waals surface area contributed by atoms with Crippen molar-refractivity contribution in [1.29, 1.82) is 5.41 Å². The number of hydrogen-bond donors (Lipinski definition) is 2. The quantitative estimate of drug-likeness (QED) is 0.662. The van der Waals surface area contributed by atoms with Gasteiger partial charge in [0.1, 0.15) is 11.6 Å². The van der Waals surface area contributed by atoms with Crippen LogP contribution in [0, 0.1) is 12.3 Å². The van der Waals surface area contributed by atoms with Gasteiger partial charge in [0, 0.05) is 11.9 Å². The molecule has 0 atom stereocenters. The van der Waals surface area contributed by atoms with Gasteiger partial charge in [-0.2, -0.15) is 0 Å². The van der Waals surface area contributed by atoms with Crippen molar-refractivity contribution in [1.82, 2.24) is 4.98 Å². The highest BCUT2D eigenvalue weighted by Gasteiger charge is 2.11. The van der Waals surface area contributed by atoms with Crippen LogP contribution < -0.4 is 10.5 Å². The third-order valence-electron chi connectivity index (χ3n) is 2.76. The molecule has 6 nitrogen and oxygen atoms in total. The van der Waals surface area contributed by atoms with E-state index in [0.717, 1.165) is 11.9 Å². The van der Waals surface area contributed by atoms with Gasteiger partial charge in [0.15, 0.2) is 9.84 Å². The lowest BCUT2D eigenvalue weighted by atomic mass is 10.2. The lowest BCUT2D eigenvalue weighted by Gasteiger charge is -2.10. The van der Waals surface area contributed by atoms with Gasteiger partial charge in [-0.1, -0.05) is 0 Å². The van der Waals surface area contributed by atoms with Crippen LogP contribution in [-0.4, -0.2) is 25.5 Å². The van der Waals surface area contributed by atoms with Crippen molar-refractivity contribution in [3.05, 3.63) is 47.7 Å². The van der Waals surface area contributed by atoms with E-state index < -0.39 is 9.84 Å². The van der Waals surface area contributed by atoms with E-state index >= 15 is 0 Å². The topological polar surface area (TPSA) is 106 Å². The largest absolute Gasteiger partial charge is 0.438 e. The van der Waals surface area contributed by atoms with E-state index in [0.29, 0.717) is 11.3 Å². The van der Waals surface area contributed by atoms with Gasteiger partial charge in [0.2, 0.25) is 5.88 Å². The van der Waals surface area contributed by atoms with E-state index in [1.807, 2.05) is 0 Å². The molecule has 0 bridgehead atoms. The highest BCUT2D eigenvalue weighted by atomic mass is 32.2. The van der Waals surface area contributed by atoms with Crippen molar-refractivity contribution in [3.63, 3.8) is 0 Å². The molecule has 0 amide bonds. The molecule has 7 heteroatoms. The van der Waals surface area contributed by atoms with E-state index in [1.54, 1.807) is 19.1 Å². The molecule has 2 aromatic rings. The van der Waals surface area contributed by atoms with E-state index in [9.17, 15) is 8.42 Å². The van der Waals surface area contributed by atoms with Crippen molar-refractivity contribution in [2.45, 2.75) is 11.8 Å². The molecule has 3 N–H and O–H groups in total. The maximum Gasteiger partial charge on any atom is 0.230 e. The fraction of sp³-hybridized carbons (Fsp3) is 0.143. The van der Waals surface area contributed by atoms with Crippen molar-refractivity contribution in [3.8, 4) is 11.6 Å². The number of rotatable bonds is 4. The van der Waals surface area contributed by atoms with Gasteiger partial charge in [0.05, 0.1) is 10.5 Å². The van der Waals surface area contributed by atoms with E-state index in [-0.39, 0.29) is 16.6 Å². The molecule has 1 aromatic heterocycles. The molecular formula is C14H15N3O3S. The molecule has 110 valence electrons. The van der Waals surface area contributed by atoms with Crippen molar-refractivity contribution >= 4 is 15.7 Å². The van der Waals surface area contributed by atoms with E-state index in [2.05, 4.69) is 4.98 Å². The number of benzene rings is 1. The summed E-state index contributed by atoms with van der Waals surface area (Å²) in [6, 6.07) is 9.36. The Balaban J connectivity index is 2.34. The summed E-state index contributed by atoms with van der Waals surface area (Å²) in [5.41, 5.74) is 6.59. The number of ether oxygens (including phenoxy) is 1. The monoisotopic (exact) mass is 305 g/mol. The Morgan fingerprint density at radius 1 is 1.19 bits per heavy atom. The second kappa shape index (κ2) is 5.53. The third kappa shape index (κ3) is 3.57. The molecule has 0 aliphatic carbocycles. The zero-order valence-corrected chi connectivity index (χ0v) is 12.4. The smallest absolute Gasteiger partial charge is 0.230 e. The summed E-state index contributed by atoms with van der Waals surface area (Å²) in [7, 11) is -3.25. The van der Waals surface area contributed by atoms with Gasteiger partial charge < -0.3 is 10.5 Å². The first-order valence-corrected chi connectivity index (χ1v) is 7.96. The summed E-state index contributed by atoms with van der Waals surface area (Å²) >= 11 is 0. The number of nitrogens with zero attached hydrogens (tertiary/aromatic N) is 1. The van der Waals surface area contributed by atoms with Crippen LogP contribution in [0.4, 0.5) is 0 Å². The summed E-state index contributed by atoms with van der Waals surface area (Å²) in [5.74, 6) is 0.489. The lowest BCUT2D eigenvalue weighted by Crippen LogP contribution is -2.13. The Morgan fingerprint density at radius 2 is 1.81 bits per heavy atom. The lowest BCUT2D eigenvalue weighted by molar-refractivity contribution is 0.460. The Hall–Kier alpha value is -2.41. The number of aryl methyl sites for hydroxylation is 1. The second-order valence-electron chi connectivity index (χ2n) is 4.56. The number of pyridine rings is 1. The average molecular weight is 305 g/mol. The fourth-order valence-corrected chi connectivity index (χ4v) is 2.31. The molecule has 1 heterocycles. The number of sulfone groups is 1. The van der Waals surface area contributed by atoms with Gasteiger partial charge in [-0.05, 0) is 43.3 Å². The summed E-state index contributed by atoms with van der Waals surface area (Å²) in [4.78, 5) is 4.41. The van der Waals surface area contributed by atoms with E-state index in [1.165, 1.54) is 24.3 Å². The van der Waals surface area contributed by atoms with Crippen LogP contribution in [0.15, 0.2) is 41.3 Å². The molecule has 0 saturated carbocycles. The number of aromatic nitrogens is 1. The van der Waals surface area contributed by atoms with Crippen LogP contribution in [0.25, 0.3) is 0 Å². The van der Waals surface area contributed by atoms with Gasteiger partial charge >= 0.3 is 0 Å². The molecule has 0 unspecified atom stereocenters. The Morgan fingerprint density at radius 3 is 2.33 bits per heavy atom. The van der Waals surface area contributed by atoms with Crippen LogP contribution >= 0.6 is 0 Å². The molecule has 0 aliphatic rings. The summed E-state index contributed by atoms with van der Waals surface area (Å²) < 4.78 is 28.4. The van der Waals surface area contributed by atoms with Crippen LogP contribution in [-0.2, 0) is 9.84 Å². The molecule has 2 rings (SSSR count). The van der Waals surface area contributed by atoms with Crippen molar-refractivity contribution in [2.75, 3.05) is 6.26 Å². The zero-order valence-electron chi connectivity index (χ0n) is 11.6. The molecule has 21 heavy (non-hydrogen) atoms. The van der Waals surface area contributed by atoms with Gasteiger partial charge in [-0.25, -0.2) is 13.4 Å². The first-order valence-electron chi connectivity index (χ1n) is 6.07. The Kier molecular flexibility index (Phi) is 3.95. The van der Waals surface area contributed by atoms with Crippen LogP contribution in [0.5, 0.6) is 11.6 Å². The number of hydrogen-bond acceptors (Lipinski definition) is 5. The molecule has 0 radical (unpaired) electrons. The maximum atomic E-state index is 11.4. The summed E-state index contributed by atoms with van der Waals surface area (Å²) in [6.07, 6.45) is 1.14. The first kappa shape index (κ1) is 15.0. The standard InChI is InChI=1S/C14H15N3O3S/c1-9-3-8-12(13(15)16)14(17-9)20-10-4-6-11(7-5-10)21(2,18)19/h3-8H,1-2H3,(H3,15,16). The van der Waals surface area contributed by atoms with Crippen LogP contribution in [0.1, 0.15) is 11.3 Å². The van der Waals surface area contributed by atoms with Crippen molar-refractivity contribution < 1.29 is 13.2 Å². The predicted octanol–water partition coefficient (Wildman–Crippen LogP) is 1.87. The van der Waals surface area contributed by atoms with Gasteiger partial charge in [-0.15, -0.1) is 0 Å². The average Bonchev–Trinajstić information content (AvgIpc) is 2.38. The SMILES string of the molecule is Cc1ccc(C(=N)N)c(Oc2ccc(S(C)(=O)=O)cc2)n1. The zero-order chi connectivity index (χ0) is 15.6. The minimum atomic E-state index is -3.25. The Bertz CT molecular complexity index is 784. The summed E-state index contributed by atoms with van der Waals surface area (Å²) in [6.45, 7) is 1.80. The molecule has 0 fully saturated rings. The Labute approximate surface area is 123 Å². The highest BCUT2D eigenvalue weighted by Crippen LogP contribution is 2.24. The molecule has 0 aliphatic heterocycles. The normalized spacial score (nSPS) is 11.1. The van der Waals surface area contributed by atoms with E-state index in [4.69, 9.17) is 15.9 Å². The molecule has 0 spiro atoms. The van der Waals surface area contributed by atoms with Crippen molar-refractivity contribution in [2.24, 2.45) is 5.73 Å². The predicted molar refractivity (Wildman–Crippen MR) is 79.6 cm³/mol. The van der Waals surface area contributed by atoms with Gasteiger partial charge in [0.25, 0.3) is 0 Å². The number of amidine groups is 1. The molecule has 1 aromatic carbocycles. The molecule has 0 saturated heterocycles. The highest BCUT2D eigenvalue weighted by molar-refractivity contribution is 7.90. The first-order chi connectivity index (χ1) is 9.77. The summed E-state index contributed by atoms with van der Waals surface area (Å²) in [5, 5.41) is 7.51. The number of nitrogens with two attached hydrogens (primary N) is 1. The third-order valence-corrected chi connectivity index (χ3v) is 3.88. The minimum Gasteiger partial charge on any atom is -0.438 e. The number of nitrogens with one attached hydrogen (secondary N) is 1. The fourth-order valence-electron chi connectivity index (χ4n) is 1.68. The maximum absolute atomic E-state index is 11.4.